The van der Waals surface area contributed by atoms with E-state index in [2.05, 4.69) is 69.9 Å². The fourth-order valence-corrected chi connectivity index (χ4v) is 2.44. The Kier molecular flexibility index (Phi) is 3.68. The Morgan fingerprint density at radius 1 is 1.14 bits per heavy atom. The van der Waals surface area contributed by atoms with E-state index in [1.165, 1.54) is 0 Å². The van der Waals surface area contributed by atoms with Gasteiger partial charge in [-0.1, -0.05) is 20.8 Å². The quantitative estimate of drug-likeness (QED) is 0.862. The highest BCUT2D eigenvalue weighted by atomic mass is 15.4. The van der Waals surface area contributed by atoms with Crippen LogP contribution in [0.25, 0.3) is 0 Å². The molecule has 1 aliphatic rings. The molecule has 2 aromatic heterocycles. The topological polar surface area (TPSA) is 58.0 Å². The van der Waals surface area contributed by atoms with Crippen LogP contribution in [0.5, 0.6) is 0 Å². The molecule has 0 amide bonds. The van der Waals surface area contributed by atoms with Crippen molar-refractivity contribution in [2.24, 2.45) is 0 Å². The van der Waals surface area contributed by atoms with Gasteiger partial charge >= 0.3 is 0 Å². The molecule has 0 unspecified atom stereocenters. The average Bonchev–Trinajstić information content (AvgIpc) is 2.46. The van der Waals surface area contributed by atoms with Crippen LogP contribution in [0, 0.1) is 0 Å². The molecule has 6 heteroatoms. The summed E-state index contributed by atoms with van der Waals surface area (Å²) in [6.07, 6.45) is 5.20. The predicted molar refractivity (Wildman–Crippen MR) is 87.2 cm³/mol. The largest absolute Gasteiger partial charge is 0.352 e. The Hall–Kier alpha value is -2.24. The van der Waals surface area contributed by atoms with E-state index in [0.717, 1.165) is 30.4 Å². The van der Waals surface area contributed by atoms with Crippen LogP contribution in [0.2, 0.25) is 0 Å². The minimum absolute atomic E-state index is 0.0369. The van der Waals surface area contributed by atoms with Gasteiger partial charge < -0.3 is 9.80 Å². The molecule has 0 spiro atoms. The van der Waals surface area contributed by atoms with Gasteiger partial charge in [-0.3, -0.25) is 4.98 Å². The molecule has 3 heterocycles. The third-order valence-electron chi connectivity index (χ3n) is 4.06. The zero-order chi connectivity index (χ0) is 15.7. The van der Waals surface area contributed by atoms with Gasteiger partial charge in [-0.15, -0.1) is 5.10 Å². The van der Waals surface area contributed by atoms with Gasteiger partial charge in [-0.05, 0) is 12.1 Å². The zero-order valence-electron chi connectivity index (χ0n) is 13.6. The fraction of sp³-hybridized carbons (Fsp3) is 0.500. The van der Waals surface area contributed by atoms with E-state index in [4.69, 9.17) is 0 Å². The molecule has 0 N–H and O–H groups in total. The van der Waals surface area contributed by atoms with Crippen molar-refractivity contribution in [3.05, 3.63) is 36.4 Å². The number of rotatable bonds is 3. The van der Waals surface area contributed by atoms with Gasteiger partial charge in [0.25, 0.3) is 0 Å². The van der Waals surface area contributed by atoms with Gasteiger partial charge in [-0.2, -0.15) is 5.10 Å². The van der Waals surface area contributed by atoms with Gasteiger partial charge in [0.15, 0.2) is 5.82 Å². The number of hydrogen-bond acceptors (Lipinski definition) is 6. The summed E-state index contributed by atoms with van der Waals surface area (Å²) in [6, 6.07) is 4.56. The molecule has 2 aromatic rings. The molecule has 6 nitrogen and oxygen atoms in total. The first-order valence-electron chi connectivity index (χ1n) is 7.53. The van der Waals surface area contributed by atoms with Crippen molar-refractivity contribution in [3.63, 3.8) is 0 Å². The SMILES string of the molecule is CN(c1cnccn1)C1CN(c2ccc(C(C)(C)C)nn2)C1. The van der Waals surface area contributed by atoms with E-state index in [1.807, 2.05) is 0 Å². The lowest BCUT2D eigenvalue weighted by atomic mass is 9.92. The molecule has 0 atom stereocenters. The van der Waals surface area contributed by atoms with E-state index >= 15 is 0 Å². The molecule has 0 saturated carbocycles. The van der Waals surface area contributed by atoms with E-state index in [-0.39, 0.29) is 5.41 Å². The third kappa shape index (κ3) is 2.86. The molecule has 1 fully saturated rings. The molecule has 0 radical (unpaired) electrons. The second-order valence-corrected chi connectivity index (χ2v) is 6.76. The lowest BCUT2D eigenvalue weighted by molar-refractivity contribution is 0.485. The molecule has 3 rings (SSSR count). The van der Waals surface area contributed by atoms with Crippen molar-refractivity contribution in [1.82, 2.24) is 20.2 Å². The Morgan fingerprint density at radius 2 is 1.91 bits per heavy atom. The minimum Gasteiger partial charge on any atom is -0.352 e. The van der Waals surface area contributed by atoms with Crippen molar-refractivity contribution in [2.45, 2.75) is 32.2 Å². The summed E-state index contributed by atoms with van der Waals surface area (Å²) < 4.78 is 0. The van der Waals surface area contributed by atoms with Crippen LogP contribution in [0.3, 0.4) is 0 Å². The fourth-order valence-electron chi connectivity index (χ4n) is 2.44. The van der Waals surface area contributed by atoms with E-state index in [1.54, 1.807) is 18.6 Å². The van der Waals surface area contributed by atoms with Crippen molar-refractivity contribution in [2.75, 3.05) is 29.9 Å². The normalized spacial score (nSPS) is 15.5. The highest BCUT2D eigenvalue weighted by Gasteiger charge is 2.32. The number of anilines is 2. The molecule has 1 aliphatic heterocycles. The van der Waals surface area contributed by atoms with Gasteiger partial charge in [0, 0.05) is 37.9 Å². The van der Waals surface area contributed by atoms with Crippen molar-refractivity contribution in [3.8, 4) is 0 Å². The monoisotopic (exact) mass is 298 g/mol. The summed E-state index contributed by atoms with van der Waals surface area (Å²) in [7, 11) is 2.06. The van der Waals surface area contributed by atoms with Crippen molar-refractivity contribution >= 4 is 11.6 Å². The van der Waals surface area contributed by atoms with Crippen molar-refractivity contribution in [1.29, 1.82) is 0 Å². The van der Waals surface area contributed by atoms with E-state index in [0.29, 0.717) is 6.04 Å². The lowest BCUT2D eigenvalue weighted by Gasteiger charge is -2.44. The maximum absolute atomic E-state index is 4.36. The van der Waals surface area contributed by atoms with Crippen LogP contribution in [0.1, 0.15) is 26.5 Å². The second kappa shape index (κ2) is 5.51. The molecular weight excluding hydrogens is 276 g/mol. The Balaban J connectivity index is 1.61. The summed E-state index contributed by atoms with van der Waals surface area (Å²) in [5.74, 6) is 1.85. The number of hydrogen-bond donors (Lipinski definition) is 0. The second-order valence-electron chi connectivity index (χ2n) is 6.76. The van der Waals surface area contributed by atoms with Crippen LogP contribution in [-0.2, 0) is 5.41 Å². The number of aromatic nitrogens is 4. The summed E-state index contributed by atoms with van der Waals surface area (Å²) in [6.45, 7) is 8.29. The maximum atomic E-state index is 4.36. The minimum atomic E-state index is 0.0369. The van der Waals surface area contributed by atoms with Crippen molar-refractivity contribution < 1.29 is 0 Å². The van der Waals surface area contributed by atoms with Gasteiger partial charge in [-0.25, -0.2) is 4.98 Å². The van der Waals surface area contributed by atoms with Crippen LogP contribution < -0.4 is 9.80 Å². The molecule has 0 aliphatic carbocycles. The predicted octanol–water partition coefficient (Wildman–Crippen LogP) is 1.89. The molecular formula is C16H22N6. The summed E-state index contributed by atoms with van der Waals surface area (Å²) in [4.78, 5) is 12.9. The zero-order valence-corrected chi connectivity index (χ0v) is 13.6. The first-order valence-corrected chi connectivity index (χ1v) is 7.53. The van der Waals surface area contributed by atoms with E-state index in [9.17, 15) is 0 Å². The van der Waals surface area contributed by atoms with Crippen LogP contribution in [-0.4, -0.2) is 46.3 Å². The first kappa shape index (κ1) is 14.7. The van der Waals surface area contributed by atoms with E-state index < -0.39 is 0 Å². The van der Waals surface area contributed by atoms with Gasteiger partial charge in [0.05, 0.1) is 17.9 Å². The van der Waals surface area contributed by atoms with Gasteiger partial charge in [0.2, 0.25) is 0 Å². The highest BCUT2D eigenvalue weighted by Crippen LogP contribution is 2.25. The standard InChI is InChI=1S/C16H22N6/c1-16(2,3)13-5-6-14(20-19-13)22-10-12(11-22)21(4)15-9-17-7-8-18-15/h5-9,12H,10-11H2,1-4H3. The number of nitrogens with zero attached hydrogens (tertiary/aromatic N) is 6. The highest BCUT2D eigenvalue weighted by molar-refractivity contribution is 5.47. The Labute approximate surface area is 131 Å². The smallest absolute Gasteiger partial charge is 0.151 e. The summed E-state index contributed by atoms with van der Waals surface area (Å²) in [5, 5.41) is 8.72. The van der Waals surface area contributed by atoms with Crippen LogP contribution in [0.15, 0.2) is 30.7 Å². The van der Waals surface area contributed by atoms with Crippen LogP contribution >= 0.6 is 0 Å². The first-order chi connectivity index (χ1) is 10.4. The maximum Gasteiger partial charge on any atom is 0.151 e. The molecule has 1 saturated heterocycles. The van der Waals surface area contributed by atoms with Gasteiger partial charge in [0.1, 0.15) is 5.82 Å². The molecule has 116 valence electrons. The number of likely N-dealkylation sites (N-methyl/N-ethyl adjacent to an activating group) is 1. The van der Waals surface area contributed by atoms with Crippen LogP contribution in [0.4, 0.5) is 11.6 Å². The Bertz CT molecular complexity index is 613. The molecule has 0 aromatic carbocycles. The summed E-state index contributed by atoms with van der Waals surface area (Å²) in [5.41, 5.74) is 1.06. The summed E-state index contributed by atoms with van der Waals surface area (Å²) >= 11 is 0. The molecule has 22 heavy (non-hydrogen) atoms. The Morgan fingerprint density at radius 3 is 2.45 bits per heavy atom. The molecule has 0 bridgehead atoms. The average molecular weight is 298 g/mol. The lowest BCUT2D eigenvalue weighted by Crippen LogP contribution is -2.59. The third-order valence-corrected chi connectivity index (χ3v) is 4.06.